The maximum atomic E-state index is 13.5. The summed E-state index contributed by atoms with van der Waals surface area (Å²) in [5.74, 6) is -0.246. The van der Waals surface area contributed by atoms with Gasteiger partial charge < -0.3 is 10.1 Å². The van der Waals surface area contributed by atoms with E-state index in [0.717, 1.165) is 12.0 Å². The number of thiocarbonyl (C=S) groups is 1. The van der Waals surface area contributed by atoms with Crippen molar-refractivity contribution in [3.8, 4) is 5.75 Å². The number of methoxy groups -OCH3 is 1. The summed E-state index contributed by atoms with van der Waals surface area (Å²) in [7, 11) is 1.42. The number of hydrazone groups is 1. The number of rotatable bonds is 6. The van der Waals surface area contributed by atoms with Crippen molar-refractivity contribution in [1.82, 2.24) is 10.7 Å². The Hall–Kier alpha value is -2.18. The van der Waals surface area contributed by atoms with Crippen LogP contribution >= 0.6 is 23.8 Å². The lowest BCUT2D eigenvalue weighted by Crippen LogP contribution is -2.33. The molecule has 0 saturated heterocycles. The standard InChI is InChI=1S/C17H17ClFN3OS/c1-23-16-7-4-13(10-15(16)19)11-21-22-17(24)20-9-8-12-2-5-14(18)6-3-12/h2-7,10-11H,8-9H2,1H3,(H2,20,22,24)/b21-11-. The van der Waals surface area contributed by atoms with Crippen LogP contribution in [0, 0.1) is 5.82 Å². The van der Waals surface area contributed by atoms with Gasteiger partial charge in [0.15, 0.2) is 16.7 Å². The molecule has 0 atom stereocenters. The van der Waals surface area contributed by atoms with Crippen LogP contribution in [0.5, 0.6) is 5.75 Å². The molecule has 2 N–H and O–H groups in total. The van der Waals surface area contributed by atoms with Crippen molar-refractivity contribution in [2.45, 2.75) is 6.42 Å². The number of benzene rings is 2. The zero-order chi connectivity index (χ0) is 17.4. The highest BCUT2D eigenvalue weighted by Gasteiger charge is 2.01. The lowest BCUT2D eigenvalue weighted by Gasteiger charge is -2.07. The molecule has 2 aromatic rings. The van der Waals surface area contributed by atoms with Crippen molar-refractivity contribution in [3.63, 3.8) is 0 Å². The third-order valence-corrected chi connectivity index (χ3v) is 3.66. The van der Waals surface area contributed by atoms with Crippen LogP contribution in [0.15, 0.2) is 47.6 Å². The highest BCUT2D eigenvalue weighted by Crippen LogP contribution is 2.16. The van der Waals surface area contributed by atoms with Crippen LogP contribution in [-0.4, -0.2) is 25.0 Å². The third-order valence-electron chi connectivity index (χ3n) is 3.17. The van der Waals surface area contributed by atoms with Crippen LogP contribution in [0.25, 0.3) is 0 Å². The van der Waals surface area contributed by atoms with Crippen LogP contribution < -0.4 is 15.5 Å². The molecule has 0 fully saturated rings. The first-order chi connectivity index (χ1) is 11.6. The lowest BCUT2D eigenvalue weighted by molar-refractivity contribution is 0.386. The third kappa shape index (κ3) is 5.79. The minimum Gasteiger partial charge on any atom is -0.494 e. The van der Waals surface area contributed by atoms with Crippen molar-refractivity contribution in [3.05, 3.63) is 64.4 Å². The fourth-order valence-corrected chi connectivity index (χ4v) is 2.22. The Labute approximate surface area is 150 Å². The number of hydrogen-bond acceptors (Lipinski definition) is 3. The average molecular weight is 366 g/mol. The van der Waals surface area contributed by atoms with Gasteiger partial charge in [-0.15, -0.1) is 0 Å². The molecule has 0 aliphatic rings. The van der Waals surface area contributed by atoms with Gasteiger partial charge in [0, 0.05) is 11.6 Å². The van der Waals surface area contributed by atoms with E-state index in [-0.39, 0.29) is 5.75 Å². The number of nitrogens with zero attached hydrogens (tertiary/aromatic N) is 1. The molecule has 24 heavy (non-hydrogen) atoms. The molecule has 0 saturated carbocycles. The molecule has 4 nitrogen and oxygen atoms in total. The molecule has 0 unspecified atom stereocenters. The van der Waals surface area contributed by atoms with E-state index in [1.807, 2.05) is 24.3 Å². The normalized spacial score (nSPS) is 10.6. The molecule has 0 aromatic heterocycles. The van der Waals surface area contributed by atoms with Crippen molar-refractivity contribution in [2.24, 2.45) is 5.10 Å². The topological polar surface area (TPSA) is 45.6 Å². The monoisotopic (exact) mass is 365 g/mol. The van der Waals surface area contributed by atoms with Crippen molar-refractivity contribution >= 4 is 35.1 Å². The van der Waals surface area contributed by atoms with E-state index in [4.69, 9.17) is 28.6 Å². The first-order valence-corrected chi connectivity index (χ1v) is 8.02. The Morgan fingerprint density at radius 2 is 2.04 bits per heavy atom. The quantitative estimate of drug-likeness (QED) is 0.467. The second-order valence-electron chi connectivity index (χ2n) is 4.90. The summed E-state index contributed by atoms with van der Waals surface area (Å²) in [6.07, 6.45) is 2.29. The van der Waals surface area contributed by atoms with E-state index < -0.39 is 5.82 Å². The molecule has 0 bridgehead atoms. The van der Waals surface area contributed by atoms with Crippen LogP contribution in [0.3, 0.4) is 0 Å². The molecule has 2 rings (SSSR count). The fraction of sp³-hybridized carbons (Fsp3) is 0.176. The molecule has 0 spiro atoms. The average Bonchev–Trinajstić information content (AvgIpc) is 2.57. The highest BCUT2D eigenvalue weighted by molar-refractivity contribution is 7.80. The minimum atomic E-state index is -0.440. The summed E-state index contributed by atoms with van der Waals surface area (Å²) in [6, 6.07) is 12.2. The molecule has 0 aliphatic carbocycles. The molecule has 7 heteroatoms. The van der Waals surface area contributed by atoms with Crippen molar-refractivity contribution in [1.29, 1.82) is 0 Å². The number of hydrogen-bond donors (Lipinski definition) is 2. The van der Waals surface area contributed by atoms with E-state index >= 15 is 0 Å². The number of halogens is 2. The van der Waals surface area contributed by atoms with E-state index in [9.17, 15) is 4.39 Å². The molecule has 0 amide bonds. The summed E-state index contributed by atoms with van der Waals surface area (Å²) in [6.45, 7) is 0.667. The smallest absolute Gasteiger partial charge is 0.186 e. The highest BCUT2D eigenvalue weighted by atomic mass is 35.5. The number of ether oxygens (including phenoxy) is 1. The van der Waals surface area contributed by atoms with Gasteiger partial charge in [-0.1, -0.05) is 23.7 Å². The minimum absolute atomic E-state index is 0.194. The molecule has 0 radical (unpaired) electrons. The molecule has 0 aliphatic heterocycles. The van der Waals surface area contributed by atoms with Crippen LogP contribution in [-0.2, 0) is 6.42 Å². The SMILES string of the molecule is COc1ccc(/C=N\NC(=S)NCCc2ccc(Cl)cc2)cc1F. The number of nitrogens with one attached hydrogen (secondary N) is 2. The van der Waals surface area contributed by atoms with E-state index in [0.29, 0.717) is 22.2 Å². The Kier molecular flexibility index (Phi) is 6.96. The summed E-state index contributed by atoms with van der Waals surface area (Å²) in [4.78, 5) is 0. The predicted octanol–water partition coefficient (Wildman–Crippen LogP) is 3.53. The fourth-order valence-electron chi connectivity index (χ4n) is 1.94. The zero-order valence-corrected chi connectivity index (χ0v) is 14.6. The van der Waals surface area contributed by atoms with Gasteiger partial charge in [-0.05, 0) is 60.1 Å². The predicted molar refractivity (Wildman–Crippen MR) is 99.4 cm³/mol. The molecular formula is C17H17ClFN3OS. The van der Waals surface area contributed by atoms with Gasteiger partial charge in [0.25, 0.3) is 0 Å². The van der Waals surface area contributed by atoms with Gasteiger partial charge in [-0.3, -0.25) is 5.43 Å². The molecule has 2 aromatic carbocycles. The first kappa shape index (κ1) is 18.2. The van der Waals surface area contributed by atoms with E-state index in [1.54, 1.807) is 12.1 Å². The van der Waals surface area contributed by atoms with Crippen LogP contribution in [0.2, 0.25) is 5.02 Å². The van der Waals surface area contributed by atoms with Crippen LogP contribution in [0.1, 0.15) is 11.1 Å². The first-order valence-electron chi connectivity index (χ1n) is 7.23. The van der Waals surface area contributed by atoms with Gasteiger partial charge in [0.2, 0.25) is 0 Å². The van der Waals surface area contributed by atoms with Gasteiger partial charge in [-0.25, -0.2) is 4.39 Å². The van der Waals surface area contributed by atoms with Crippen molar-refractivity contribution in [2.75, 3.05) is 13.7 Å². The van der Waals surface area contributed by atoms with Gasteiger partial charge in [0.1, 0.15) is 0 Å². The van der Waals surface area contributed by atoms with Crippen molar-refractivity contribution < 1.29 is 9.13 Å². The molecule has 126 valence electrons. The molecular weight excluding hydrogens is 349 g/mol. The summed E-state index contributed by atoms with van der Waals surface area (Å²) >= 11 is 11.0. The van der Waals surface area contributed by atoms with Gasteiger partial charge in [0.05, 0.1) is 13.3 Å². The molecule has 0 heterocycles. The zero-order valence-electron chi connectivity index (χ0n) is 13.1. The summed E-state index contributed by atoms with van der Waals surface area (Å²) in [5, 5.41) is 8.13. The van der Waals surface area contributed by atoms with Gasteiger partial charge in [-0.2, -0.15) is 5.10 Å². The Morgan fingerprint density at radius 3 is 2.71 bits per heavy atom. The Bertz CT molecular complexity index is 722. The van der Waals surface area contributed by atoms with Crippen LogP contribution in [0.4, 0.5) is 4.39 Å². The Morgan fingerprint density at radius 1 is 1.29 bits per heavy atom. The van der Waals surface area contributed by atoms with E-state index in [2.05, 4.69) is 15.8 Å². The largest absolute Gasteiger partial charge is 0.494 e. The van der Waals surface area contributed by atoms with E-state index in [1.165, 1.54) is 19.4 Å². The maximum absolute atomic E-state index is 13.5. The summed E-state index contributed by atoms with van der Waals surface area (Å²) < 4.78 is 18.4. The summed E-state index contributed by atoms with van der Waals surface area (Å²) in [5.41, 5.74) is 4.45. The second-order valence-corrected chi connectivity index (χ2v) is 5.74. The second kappa shape index (κ2) is 9.20. The maximum Gasteiger partial charge on any atom is 0.186 e. The van der Waals surface area contributed by atoms with Gasteiger partial charge >= 0.3 is 0 Å². The lowest BCUT2D eigenvalue weighted by atomic mass is 10.1. The Balaban J connectivity index is 1.74.